The Morgan fingerprint density at radius 3 is 2.82 bits per heavy atom. The van der Waals surface area contributed by atoms with Crippen LogP contribution in [0.4, 0.5) is 10.2 Å². The van der Waals surface area contributed by atoms with Crippen LogP contribution in [0.5, 0.6) is 0 Å². The van der Waals surface area contributed by atoms with E-state index in [9.17, 15) is 9.18 Å². The lowest BCUT2D eigenvalue weighted by Crippen LogP contribution is -2.11. The number of pyridine rings is 1. The monoisotopic (exact) mass is 384 g/mol. The first-order valence-electron chi connectivity index (χ1n) is 10.2. The lowest BCUT2D eigenvalue weighted by Gasteiger charge is -2.17. The summed E-state index contributed by atoms with van der Waals surface area (Å²) in [6.07, 6.45) is 5.90. The van der Waals surface area contributed by atoms with Gasteiger partial charge in [-0.2, -0.15) is 0 Å². The molecular formula is C23H29FN2O2. The van der Waals surface area contributed by atoms with E-state index in [1.54, 1.807) is 6.07 Å². The molecule has 0 fully saturated rings. The third kappa shape index (κ3) is 3.89. The zero-order valence-electron chi connectivity index (χ0n) is 17.1. The Balaban J connectivity index is 0.00000109. The van der Waals surface area contributed by atoms with Gasteiger partial charge in [0.15, 0.2) is 0 Å². The molecule has 1 N–H and O–H groups in total. The highest BCUT2D eigenvalue weighted by atomic mass is 19.1. The summed E-state index contributed by atoms with van der Waals surface area (Å²) < 4.78 is 19.1. The molecular weight excluding hydrogens is 355 g/mol. The van der Waals surface area contributed by atoms with E-state index >= 15 is 0 Å². The van der Waals surface area contributed by atoms with Crippen molar-refractivity contribution < 1.29 is 13.9 Å². The van der Waals surface area contributed by atoms with Crippen LogP contribution in [-0.2, 0) is 22.4 Å². The van der Waals surface area contributed by atoms with Crippen molar-refractivity contribution in [3.8, 4) is 0 Å². The quantitative estimate of drug-likeness (QED) is 0.732. The summed E-state index contributed by atoms with van der Waals surface area (Å²) in [6, 6.07) is 5.42. The van der Waals surface area contributed by atoms with Crippen LogP contribution in [0.15, 0.2) is 24.4 Å². The fraction of sp³-hybridized carbons (Fsp3) is 0.478. The first kappa shape index (κ1) is 20.3. The van der Waals surface area contributed by atoms with Crippen molar-refractivity contribution in [1.82, 2.24) is 4.98 Å². The van der Waals surface area contributed by atoms with Gasteiger partial charge in [0.1, 0.15) is 11.6 Å². The van der Waals surface area contributed by atoms with Gasteiger partial charge in [-0.1, -0.05) is 19.9 Å². The van der Waals surface area contributed by atoms with Crippen LogP contribution in [0, 0.1) is 12.7 Å². The van der Waals surface area contributed by atoms with E-state index in [0.717, 1.165) is 53.8 Å². The van der Waals surface area contributed by atoms with Gasteiger partial charge in [0.05, 0.1) is 19.6 Å². The van der Waals surface area contributed by atoms with Crippen LogP contribution >= 0.6 is 0 Å². The molecule has 0 aliphatic heterocycles. The number of benzene rings is 1. The van der Waals surface area contributed by atoms with E-state index in [2.05, 4.69) is 16.4 Å². The minimum Gasteiger partial charge on any atom is -0.469 e. The van der Waals surface area contributed by atoms with Crippen LogP contribution in [0.25, 0.3) is 0 Å². The van der Waals surface area contributed by atoms with Crippen molar-refractivity contribution in [2.45, 2.75) is 64.8 Å². The molecule has 0 radical (unpaired) electrons. The van der Waals surface area contributed by atoms with Crippen LogP contribution in [0.1, 0.15) is 72.9 Å². The summed E-state index contributed by atoms with van der Waals surface area (Å²) in [5, 5.41) is 3.42. The molecule has 0 saturated heterocycles. The van der Waals surface area contributed by atoms with Crippen molar-refractivity contribution >= 4 is 11.8 Å². The molecule has 1 aromatic heterocycles. The number of nitrogens with zero attached hydrogens (tertiary/aromatic N) is 1. The number of aryl methyl sites for hydroxylation is 2. The van der Waals surface area contributed by atoms with Crippen LogP contribution in [0.2, 0.25) is 0 Å². The van der Waals surface area contributed by atoms with Crippen LogP contribution < -0.4 is 5.32 Å². The average Bonchev–Trinajstić information content (AvgIpc) is 3.31. The topological polar surface area (TPSA) is 51.2 Å². The van der Waals surface area contributed by atoms with Crippen molar-refractivity contribution in [2.75, 3.05) is 12.4 Å². The third-order valence-corrected chi connectivity index (χ3v) is 5.76. The predicted molar refractivity (Wildman–Crippen MR) is 109 cm³/mol. The van der Waals surface area contributed by atoms with Crippen LogP contribution in [-0.4, -0.2) is 18.1 Å². The van der Waals surface area contributed by atoms with E-state index in [4.69, 9.17) is 4.74 Å². The molecule has 2 atom stereocenters. The first-order valence-corrected chi connectivity index (χ1v) is 10.2. The Kier molecular flexibility index (Phi) is 6.32. The molecule has 1 heterocycles. The molecule has 1 aromatic carbocycles. The maximum atomic E-state index is 14.3. The molecule has 2 unspecified atom stereocenters. The average molecular weight is 384 g/mol. The third-order valence-electron chi connectivity index (χ3n) is 5.76. The predicted octanol–water partition coefficient (Wildman–Crippen LogP) is 5.25. The van der Waals surface area contributed by atoms with E-state index in [1.165, 1.54) is 12.7 Å². The lowest BCUT2D eigenvalue weighted by molar-refractivity contribution is -0.141. The van der Waals surface area contributed by atoms with Gasteiger partial charge >= 0.3 is 5.97 Å². The second kappa shape index (κ2) is 8.72. The summed E-state index contributed by atoms with van der Waals surface area (Å²) in [6.45, 7) is 6.04. The van der Waals surface area contributed by atoms with Crippen molar-refractivity contribution in [3.63, 3.8) is 0 Å². The Hall–Kier alpha value is -2.43. The Labute approximate surface area is 166 Å². The minimum absolute atomic E-state index is 0.0391. The second-order valence-corrected chi connectivity index (χ2v) is 7.28. The normalized spacial score (nSPS) is 19.3. The minimum atomic E-state index is -0.182. The number of nitrogens with one attached hydrogen (secondary N) is 1. The highest BCUT2D eigenvalue weighted by Crippen LogP contribution is 2.39. The number of fused-ring (bicyclic) bond motifs is 2. The van der Waals surface area contributed by atoms with E-state index in [0.29, 0.717) is 6.42 Å². The summed E-state index contributed by atoms with van der Waals surface area (Å²) in [5.41, 5.74) is 5.42. The fourth-order valence-corrected chi connectivity index (χ4v) is 4.36. The summed E-state index contributed by atoms with van der Waals surface area (Å²) >= 11 is 0. The zero-order valence-corrected chi connectivity index (χ0v) is 17.1. The number of methoxy groups -OCH3 is 1. The Morgan fingerprint density at radius 2 is 2.07 bits per heavy atom. The number of anilines is 1. The standard InChI is InChI=1S/C21H23FN2O2.C2H6/c1-12-3-7-17(22)21-15(12)6-8-18(21)24-19-9-13-4-5-14(10-20(25)26-2)16(13)11-23-19;1-2/h3,7,9,11,14,18H,4-6,8,10H2,1-2H3,(H,23,24);1-2H3. The number of hydrogen-bond donors (Lipinski definition) is 1. The van der Waals surface area contributed by atoms with Crippen molar-refractivity contribution in [1.29, 1.82) is 0 Å². The molecule has 0 bridgehead atoms. The highest BCUT2D eigenvalue weighted by Gasteiger charge is 2.29. The molecule has 2 aliphatic rings. The molecule has 28 heavy (non-hydrogen) atoms. The Morgan fingerprint density at radius 1 is 1.29 bits per heavy atom. The molecule has 2 aliphatic carbocycles. The number of ether oxygens (including phenoxy) is 1. The van der Waals surface area contributed by atoms with Crippen molar-refractivity contribution in [2.24, 2.45) is 0 Å². The summed E-state index contributed by atoms with van der Waals surface area (Å²) in [5.74, 6) is 0.644. The van der Waals surface area contributed by atoms with Gasteiger partial charge in [-0.15, -0.1) is 0 Å². The summed E-state index contributed by atoms with van der Waals surface area (Å²) in [7, 11) is 1.42. The molecule has 150 valence electrons. The van der Waals surface area contributed by atoms with Gasteiger partial charge in [-0.25, -0.2) is 9.37 Å². The number of hydrogen-bond acceptors (Lipinski definition) is 4. The maximum absolute atomic E-state index is 14.3. The number of rotatable bonds is 4. The molecule has 0 saturated carbocycles. The first-order chi connectivity index (χ1) is 13.6. The molecule has 4 rings (SSSR count). The number of aromatic nitrogens is 1. The lowest BCUT2D eigenvalue weighted by atomic mass is 9.99. The van der Waals surface area contributed by atoms with Crippen molar-refractivity contribution in [3.05, 3.63) is 58.0 Å². The maximum Gasteiger partial charge on any atom is 0.306 e. The number of carbonyl (C=O) groups is 1. The van der Waals surface area contributed by atoms with Gasteiger partial charge in [-0.05, 0) is 72.9 Å². The number of halogens is 1. The van der Waals surface area contributed by atoms with E-state index in [1.807, 2.05) is 33.0 Å². The molecule has 0 amide bonds. The van der Waals surface area contributed by atoms with Gasteiger partial charge in [0, 0.05) is 11.8 Å². The summed E-state index contributed by atoms with van der Waals surface area (Å²) in [4.78, 5) is 16.1. The van der Waals surface area contributed by atoms with E-state index in [-0.39, 0.29) is 23.7 Å². The van der Waals surface area contributed by atoms with Gasteiger partial charge < -0.3 is 10.1 Å². The molecule has 0 spiro atoms. The Bertz CT molecular complexity index is 866. The fourth-order valence-electron chi connectivity index (χ4n) is 4.36. The van der Waals surface area contributed by atoms with Gasteiger partial charge in [0.2, 0.25) is 0 Å². The molecule has 5 heteroatoms. The smallest absolute Gasteiger partial charge is 0.306 e. The van der Waals surface area contributed by atoms with E-state index < -0.39 is 0 Å². The molecule has 4 nitrogen and oxygen atoms in total. The van der Waals surface area contributed by atoms with Gasteiger partial charge in [-0.3, -0.25) is 4.79 Å². The van der Waals surface area contributed by atoms with Crippen LogP contribution in [0.3, 0.4) is 0 Å². The molecule has 2 aromatic rings. The number of carbonyl (C=O) groups excluding carboxylic acids is 1. The second-order valence-electron chi connectivity index (χ2n) is 7.28. The largest absolute Gasteiger partial charge is 0.469 e. The number of esters is 1. The highest BCUT2D eigenvalue weighted by molar-refractivity contribution is 5.70. The SMILES string of the molecule is CC.COC(=O)CC1CCc2cc(NC3CCc4c(C)ccc(F)c43)ncc21. The zero-order chi connectivity index (χ0) is 20.3. The van der Waals surface area contributed by atoms with Gasteiger partial charge in [0.25, 0.3) is 0 Å².